The number of aryl methyl sites for hydroxylation is 1. The zero-order chi connectivity index (χ0) is 17.6. The van der Waals surface area contributed by atoms with Crippen LogP contribution < -0.4 is 10.5 Å². The van der Waals surface area contributed by atoms with Gasteiger partial charge in [0.1, 0.15) is 5.82 Å². The van der Waals surface area contributed by atoms with Gasteiger partial charge in [-0.1, -0.05) is 30.3 Å². The minimum Gasteiger partial charge on any atom is -0.356 e. The third-order valence-electron chi connectivity index (χ3n) is 3.57. The van der Waals surface area contributed by atoms with Crippen LogP contribution >= 0.6 is 0 Å². The van der Waals surface area contributed by atoms with Crippen molar-refractivity contribution in [2.45, 2.75) is 24.2 Å². The Morgan fingerprint density at radius 3 is 2.33 bits per heavy atom. The lowest BCUT2D eigenvalue weighted by Gasteiger charge is -2.07. The number of primary sulfonamides is 1. The predicted molar refractivity (Wildman–Crippen MR) is 89.2 cm³/mol. The highest BCUT2D eigenvalue weighted by Crippen LogP contribution is 2.10. The number of carbonyl (C=O) groups excluding carboxylic acids is 1. The van der Waals surface area contributed by atoms with Gasteiger partial charge in [0.05, 0.1) is 4.90 Å². The second-order valence-electron chi connectivity index (χ2n) is 5.38. The van der Waals surface area contributed by atoms with E-state index in [2.05, 4.69) is 5.32 Å². The number of hydrogen-bond acceptors (Lipinski definition) is 3. The minimum atomic E-state index is -3.69. The summed E-state index contributed by atoms with van der Waals surface area (Å²) < 4.78 is 35.8. The summed E-state index contributed by atoms with van der Waals surface area (Å²) in [5.41, 5.74) is 1.41. The van der Waals surface area contributed by atoms with Gasteiger partial charge >= 0.3 is 0 Å². The van der Waals surface area contributed by atoms with E-state index in [1.165, 1.54) is 18.2 Å². The lowest BCUT2D eigenvalue weighted by molar-refractivity contribution is -0.121. The van der Waals surface area contributed by atoms with Gasteiger partial charge in [0.15, 0.2) is 0 Å². The van der Waals surface area contributed by atoms with Crippen molar-refractivity contribution >= 4 is 15.9 Å². The molecule has 5 nitrogen and oxygen atoms in total. The van der Waals surface area contributed by atoms with Crippen LogP contribution in [0.3, 0.4) is 0 Å². The third kappa shape index (κ3) is 5.43. The average molecular weight is 350 g/mol. The maximum atomic E-state index is 13.4. The highest BCUT2D eigenvalue weighted by atomic mass is 32.2. The van der Waals surface area contributed by atoms with Gasteiger partial charge < -0.3 is 5.32 Å². The highest BCUT2D eigenvalue weighted by molar-refractivity contribution is 7.89. The minimum absolute atomic E-state index is 0.0557. The molecule has 3 N–H and O–H groups in total. The van der Waals surface area contributed by atoms with E-state index in [0.29, 0.717) is 24.9 Å². The smallest absolute Gasteiger partial charge is 0.238 e. The summed E-state index contributed by atoms with van der Waals surface area (Å²) in [7, 11) is -3.69. The van der Waals surface area contributed by atoms with Crippen molar-refractivity contribution in [3.8, 4) is 0 Å². The SMILES string of the molecule is NS(=O)(=O)c1ccc(CCNC(=O)CCc2ccccc2F)cc1. The molecule has 1 amide bonds. The molecule has 0 aromatic heterocycles. The largest absolute Gasteiger partial charge is 0.356 e. The van der Waals surface area contributed by atoms with Crippen molar-refractivity contribution in [3.63, 3.8) is 0 Å². The average Bonchev–Trinajstić information content (AvgIpc) is 2.54. The van der Waals surface area contributed by atoms with E-state index in [1.54, 1.807) is 30.3 Å². The Morgan fingerprint density at radius 2 is 1.71 bits per heavy atom. The molecule has 0 spiro atoms. The Bertz CT molecular complexity index is 805. The topological polar surface area (TPSA) is 89.3 Å². The molecule has 0 aliphatic heterocycles. The van der Waals surface area contributed by atoms with Crippen LogP contribution in [0.4, 0.5) is 4.39 Å². The van der Waals surface area contributed by atoms with Gasteiger partial charge in [-0.05, 0) is 42.2 Å². The molecule has 0 saturated carbocycles. The third-order valence-corrected chi connectivity index (χ3v) is 4.50. The summed E-state index contributed by atoms with van der Waals surface area (Å²) in [5, 5.41) is 7.79. The van der Waals surface area contributed by atoms with Crippen molar-refractivity contribution in [2.24, 2.45) is 5.14 Å². The van der Waals surface area contributed by atoms with E-state index < -0.39 is 10.0 Å². The number of amides is 1. The molecule has 128 valence electrons. The summed E-state index contributed by atoms with van der Waals surface area (Å²) in [6, 6.07) is 12.6. The first kappa shape index (κ1) is 18.1. The van der Waals surface area contributed by atoms with Crippen LogP contribution in [-0.2, 0) is 27.7 Å². The van der Waals surface area contributed by atoms with Gasteiger partial charge in [0, 0.05) is 13.0 Å². The van der Waals surface area contributed by atoms with E-state index in [-0.39, 0.29) is 23.0 Å². The summed E-state index contributed by atoms with van der Waals surface area (Å²) in [6.07, 6.45) is 1.13. The molecule has 0 fully saturated rings. The first-order valence-corrected chi connectivity index (χ1v) is 9.03. The second kappa shape index (κ2) is 8.03. The van der Waals surface area contributed by atoms with Crippen molar-refractivity contribution in [1.29, 1.82) is 0 Å². The molecule has 0 atom stereocenters. The first-order valence-electron chi connectivity index (χ1n) is 7.48. The van der Waals surface area contributed by atoms with E-state index >= 15 is 0 Å². The van der Waals surface area contributed by atoms with Crippen molar-refractivity contribution in [2.75, 3.05) is 6.54 Å². The molecular formula is C17H19FN2O3S. The number of hydrogen-bond donors (Lipinski definition) is 2. The molecule has 0 aliphatic carbocycles. The molecule has 24 heavy (non-hydrogen) atoms. The number of benzene rings is 2. The van der Waals surface area contributed by atoms with Gasteiger partial charge in [-0.2, -0.15) is 0 Å². The fraction of sp³-hybridized carbons (Fsp3) is 0.235. The van der Waals surface area contributed by atoms with Gasteiger partial charge in [0.25, 0.3) is 0 Å². The molecule has 0 aliphatic rings. The lowest BCUT2D eigenvalue weighted by atomic mass is 10.1. The summed E-state index contributed by atoms with van der Waals surface area (Å²) in [4.78, 5) is 11.8. The fourth-order valence-corrected chi connectivity index (χ4v) is 2.75. The summed E-state index contributed by atoms with van der Waals surface area (Å²) in [5.74, 6) is -0.459. The zero-order valence-electron chi connectivity index (χ0n) is 13.0. The fourth-order valence-electron chi connectivity index (χ4n) is 2.23. The summed E-state index contributed by atoms with van der Waals surface area (Å²) in [6.45, 7) is 0.421. The number of nitrogens with two attached hydrogens (primary N) is 1. The number of carbonyl (C=O) groups is 1. The zero-order valence-corrected chi connectivity index (χ0v) is 13.9. The number of rotatable bonds is 7. The Hall–Kier alpha value is -2.25. The summed E-state index contributed by atoms with van der Waals surface area (Å²) >= 11 is 0. The molecule has 0 radical (unpaired) electrons. The van der Waals surface area contributed by atoms with Crippen LogP contribution in [0.15, 0.2) is 53.4 Å². The molecule has 2 aromatic carbocycles. The van der Waals surface area contributed by atoms with Gasteiger partial charge in [0.2, 0.25) is 15.9 Å². The van der Waals surface area contributed by atoms with Crippen molar-refractivity contribution in [3.05, 3.63) is 65.5 Å². The molecule has 7 heteroatoms. The van der Waals surface area contributed by atoms with Crippen LogP contribution in [0.2, 0.25) is 0 Å². The second-order valence-corrected chi connectivity index (χ2v) is 6.94. The van der Waals surface area contributed by atoms with Crippen LogP contribution in [0.1, 0.15) is 17.5 Å². The maximum absolute atomic E-state index is 13.4. The molecule has 0 heterocycles. The van der Waals surface area contributed by atoms with E-state index in [4.69, 9.17) is 5.14 Å². The standard InChI is InChI=1S/C17H19FN2O3S/c18-16-4-2-1-3-14(16)7-10-17(21)20-12-11-13-5-8-15(9-6-13)24(19,22)23/h1-6,8-9H,7,10-12H2,(H,20,21)(H2,19,22,23). The van der Waals surface area contributed by atoms with Crippen LogP contribution in [0.5, 0.6) is 0 Å². The van der Waals surface area contributed by atoms with Gasteiger partial charge in [-0.15, -0.1) is 0 Å². The quantitative estimate of drug-likeness (QED) is 0.797. The first-order chi connectivity index (χ1) is 11.4. The molecule has 2 rings (SSSR count). The Kier molecular flexibility index (Phi) is 6.05. The van der Waals surface area contributed by atoms with E-state index in [0.717, 1.165) is 5.56 Å². The Balaban J connectivity index is 1.75. The number of halogens is 1. The van der Waals surface area contributed by atoms with Crippen LogP contribution in [0.25, 0.3) is 0 Å². The normalized spacial score (nSPS) is 11.2. The van der Waals surface area contributed by atoms with E-state index in [1.807, 2.05) is 0 Å². The number of sulfonamides is 1. The van der Waals surface area contributed by atoms with Gasteiger partial charge in [-0.25, -0.2) is 17.9 Å². The van der Waals surface area contributed by atoms with Gasteiger partial charge in [-0.3, -0.25) is 4.79 Å². The molecule has 0 unspecified atom stereocenters. The molecule has 2 aromatic rings. The monoisotopic (exact) mass is 350 g/mol. The van der Waals surface area contributed by atoms with Crippen LogP contribution in [0, 0.1) is 5.82 Å². The molecule has 0 saturated heterocycles. The predicted octanol–water partition coefficient (Wildman–Crippen LogP) is 1.76. The number of nitrogens with one attached hydrogen (secondary N) is 1. The lowest BCUT2D eigenvalue weighted by Crippen LogP contribution is -2.26. The highest BCUT2D eigenvalue weighted by Gasteiger charge is 2.07. The van der Waals surface area contributed by atoms with Crippen molar-refractivity contribution < 1.29 is 17.6 Å². The molecule has 0 bridgehead atoms. The van der Waals surface area contributed by atoms with Crippen LogP contribution in [-0.4, -0.2) is 20.9 Å². The molecular weight excluding hydrogens is 331 g/mol. The maximum Gasteiger partial charge on any atom is 0.238 e. The Morgan fingerprint density at radius 1 is 1.04 bits per heavy atom. The van der Waals surface area contributed by atoms with Crippen molar-refractivity contribution in [1.82, 2.24) is 5.32 Å². The van der Waals surface area contributed by atoms with E-state index in [9.17, 15) is 17.6 Å². The Labute approximate surface area is 140 Å².